The molecule has 1 saturated heterocycles. The molecule has 0 unspecified atom stereocenters. The molecule has 37 heavy (non-hydrogen) atoms. The Labute approximate surface area is 214 Å². The van der Waals surface area contributed by atoms with E-state index in [0.717, 1.165) is 17.8 Å². The Morgan fingerprint density at radius 2 is 2.00 bits per heavy atom. The van der Waals surface area contributed by atoms with Gasteiger partial charge in [-0.15, -0.1) is 11.3 Å². The lowest BCUT2D eigenvalue weighted by atomic mass is 9.92. The summed E-state index contributed by atoms with van der Waals surface area (Å²) in [5.74, 6) is -2.31. The third kappa shape index (κ3) is 5.13. The molecule has 4 heterocycles. The average Bonchev–Trinajstić information content (AvgIpc) is 3.39. The standard InChI is InChI=1S/C26H23FN4O5S/c27-20-11-18-22(33)19(25(34)35)14-31(26-28-8-10-37-26)23(18)29-24(20)30-12-17(13-30)21(32)7-4-9-36-15-16-5-2-1-3-6-16/h1-3,5-6,8,10-11,14,17H,4,7,9,12-13,15H2,(H,34,35). The van der Waals surface area contributed by atoms with Gasteiger partial charge in [0.2, 0.25) is 5.43 Å². The van der Waals surface area contributed by atoms with Crippen LogP contribution in [0.2, 0.25) is 0 Å². The molecular formula is C26H23FN4O5S. The second-order valence-corrected chi connectivity index (χ2v) is 9.61. The molecule has 9 nitrogen and oxygen atoms in total. The molecule has 1 aliphatic heterocycles. The fraction of sp³-hybridized carbons (Fsp3) is 0.269. The highest BCUT2D eigenvalue weighted by molar-refractivity contribution is 7.12. The van der Waals surface area contributed by atoms with Crippen LogP contribution < -0.4 is 10.3 Å². The van der Waals surface area contributed by atoms with E-state index in [1.807, 2.05) is 30.3 Å². The van der Waals surface area contributed by atoms with E-state index in [2.05, 4.69) is 9.97 Å². The first kappa shape index (κ1) is 24.7. The van der Waals surface area contributed by atoms with Crippen LogP contribution in [0.25, 0.3) is 16.2 Å². The van der Waals surface area contributed by atoms with Crippen LogP contribution in [0.4, 0.5) is 10.2 Å². The molecule has 1 N–H and O–H groups in total. The van der Waals surface area contributed by atoms with Gasteiger partial charge >= 0.3 is 5.97 Å². The van der Waals surface area contributed by atoms with E-state index in [0.29, 0.717) is 44.3 Å². The van der Waals surface area contributed by atoms with Crippen molar-refractivity contribution in [2.45, 2.75) is 19.4 Å². The van der Waals surface area contributed by atoms with Gasteiger partial charge in [0.15, 0.2) is 22.4 Å². The first-order valence-electron chi connectivity index (χ1n) is 11.7. The third-order valence-corrected chi connectivity index (χ3v) is 7.00. The van der Waals surface area contributed by atoms with Gasteiger partial charge in [0.05, 0.1) is 17.9 Å². The van der Waals surface area contributed by atoms with E-state index in [9.17, 15) is 19.5 Å². The normalized spacial score (nSPS) is 13.6. The number of hydrogen-bond acceptors (Lipinski definition) is 8. The summed E-state index contributed by atoms with van der Waals surface area (Å²) in [5.41, 5.74) is -0.141. The number of benzene rings is 1. The van der Waals surface area contributed by atoms with Crippen molar-refractivity contribution >= 4 is 39.9 Å². The molecule has 0 radical (unpaired) electrons. The Kier molecular flexibility index (Phi) is 7.06. The fourth-order valence-electron chi connectivity index (χ4n) is 4.24. The van der Waals surface area contributed by atoms with Gasteiger partial charge in [0.1, 0.15) is 11.3 Å². The number of anilines is 1. The molecule has 0 spiro atoms. The van der Waals surface area contributed by atoms with Crippen LogP contribution in [0.5, 0.6) is 0 Å². The minimum absolute atomic E-state index is 0.00975. The van der Waals surface area contributed by atoms with Gasteiger partial charge in [-0.1, -0.05) is 30.3 Å². The van der Waals surface area contributed by atoms with Gasteiger partial charge in [0.25, 0.3) is 0 Å². The quantitative estimate of drug-likeness (QED) is 0.314. The monoisotopic (exact) mass is 522 g/mol. The van der Waals surface area contributed by atoms with Crippen LogP contribution in [-0.4, -0.2) is 51.1 Å². The van der Waals surface area contributed by atoms with Crippen LogP contribution in [-0.2, 0) is 16.1 Å². The molecule has 0 saturated carbocycles. The maximum absolute atomic E-state index is 15.0. The molecule has 1 aromatic carbocycles. The highest BCUT2D eigenvalue weighted by Crippen LogP contribution is 2.29. The molecule has 11 heteroatoms. The lowest BCUT2D eigenvalue weighted by molar-refractivity contribution is -0.124. The van der Waals surface area contributed by atoms with Crippen LogP contribution in [0.1, 0.15) is 28.8 Å². The number of rotatable bonds is 10. The van der Waals surface area contributed by atoms with Crippen molar-refractivity contribution in [1.82, 2.24) is 14.5 Å². The summed E-state index contributed by atoms with van der Waals surface area (Å²) < 4.78 is 22.0. The van der Waals surface area contributed by atoms with E-state index in [4.69, 9.17) is 4.74 Å². The topological polar surface area (TPSA) is 115 Å². The Hall–Kier alpha value is -3.96. The van der Waals surface area contributed by atoms with Crippen LogP contribution in [0.3, 0.4) is 0 Å². The molecule has 0 amide bonds. The molecule has 1 fully saturated rings. The van der Waals surface area contributed by atoms with E-state index in [1.54, 1.807) is 10.3 Å². The summed E-state index contributed by atoms with van der Waals surface area (Å²) in [6.45, 7) is 1.60. The molecule has 0 bridgehead atoms. The number of pyridine rings is 2. The molecule has 3 aromatic heterocycles. The SMILES string of the molecule is O=C(O)c1cn(-c2nccs2)c2nc(N3CC(C(=O)CCCOCc4ccccc4)C3)c(F)cc2c1=O. The molecule has 0 aliphatic carbocycles. The molecule has 190 valence electrons. The first-order valence-corrected chi connectivity index (χ1v) is 12.6. The number of hydrogen-bond donors (Lipinski definition) is 1. The number of aromatic carboxylic acids is 1. The van der Waals surface area contributed by atoms with Crippen molar-refractivity contribution < 1.29 is 23.8 Å². The number of ether oxygens (including phenoxy) is 1. The Morgan fingerprint density at radius 3 is 2.70 bits per heavy atom. The van der Waals surface area contributed by atoms with E-state index in [-0.39, 0.29) is 28.6 Å². The van der Waals surface area contributed by atoms with Crippen molar-refractivity contribution in [3.8, 4) is 5.13 Å². The molecule has 1 aliphatic rings. The number of carboxylic acids is 1. The number of carbonyl (C=O) groups is 2. The summed E-state index contributed by atoms with van der Waals surface area (Å²) in [6, 6.07) is 10.8. The number of ketones is 1. The summed E-state index contributed by atoms with van der Waals surface area (Å²) in [4.78, 5) is 47.1. The van der Waals surface area contributed by atoms with Gasteiger partial charge in [-0.3, -0.25) is 14.2 Å². The van der Waals surface area contributed by atoms with Crippen molar-refractivity contribution in [1.29, 1.82) is 0 Å². The predicted octanol–water partition coefficient (Wildman–Crippen LogP) is 3.68. The zero-order chi connectivity index (χ0) is 25.9. The predicted molar refractivity (Wildman–Crippen MR) is 136 cm³/mol. The first-order chi connectivity index (χ1) is 17.9. The lowest BCUT2D eigenvalue weighted by Crippen LogP contribution is -2.51. The number of fused-ring (bicyclic) bond motifs is 1. The number of nitrogens with zero attached hydrogens (tertiary/aromatic N) is 4. The highest BCUT2D eigenvalue weighted by atomic mass is 32.1. The van der Waals surface area contributed by atoms with E-state index in [1.165, 1.54) is 22.1 Å². The summed E-state index contributed by atoms with van der Waals surface area (Å²) >= 11 is 1.22. The van der Waals surface area contributed by atoms with Gasteiger partial charge < -0.3 is 14.7 Å². The number of Topliss-reactive ketones (excluding diaryl/α,β-unsaturated/α-hetero) is 1. The molecular weight excluding hydrogens is 499 g/mol. The van der Waals surface area contributed by atoms with Gasteiger partial charge in [-0.25, -0.2) is 19.2 Å². The maximum atomic E-state index is 15.0. The van der Waals surface area contributed by atoms with Crippen LogP contribution >= 0.6 is 11.3 Å². The van der Waals surface area contributed by atoms with Crippen molar-refractivity contribution in [2.75, 3.05) is 24.6 Å². The zero-order valence-corrected chi connectivity index (χ0v) is 20.5. The van der Waals surface area contributed by atoms with Gasteiger partial charge in [-0.05, 0) is 18.1 Å². The number of thiazole rings is 1. The Balaban J connectivity index is 1.26. The van der Waals surface area contributed by atoms with Crippen molar-refractivity contribution in [2.24, 2.45) is 5.92 Å². The number of carboxylic acid groups (broad SMARTS) is 1. The zero-order valence-electron chi connectivity index (χ0n) is 19.7. The van der Waals surface area contributed by atoms with Crippen molar-refractivity contribution in [3.05, 3.63) is 81.3 Å². The number of halogens is 1. The summed E-state index contributed by atoms with van der Waals surface area (Å²) in [6.07, 6.45) is 3.68. The lowest BCUT2D eigenvalue weighted by Gasteiger charge is -2.39. The van der Waals surface area contributed by atoms with Crippen molar-refractivity contribution in [3.63, 3.8) is 0 Å². The Morgan fingerprint density at radius 1 is 1.22 bits per heavy atom. The van der Waals surface area contributed by atoms with Gasteiger partial charge in [-0.2, -0.15) is 0 Å². The van der Waals surface area contributed by atoms with Gasteiger partial charge in [0, 0.05) is 43.9 Å². The van der Waals surface area contributed by atoms with E-state index < -0.39 is 22.8 Å². The minimum atomic E-state index is -1.42. The second kappa shape index (κ2) is 10.6. The largest absolute Gasteiger partial charge is 0.477 e. The summed E-state index contributed by atoms with van der Waals surface area (Å²) in [7, 11) is 0. The number of aromatic nitrogens is 3. The van der Waals surface area contributed by atoms with Crippen LogP contribution in [0.15, 0.2) is 59.0 Å². The minimum Gasteiger partial charge on any atom is -0.477 e. The smallest absolute Gasteiger partial charge is 0.341 e. The average molecular weight is 523 g/mol. The van der Waals surface area contributed by atoms with Crippen LogP contribution in [0, 0.1) is 11.7 Å². The molecule has 4 aromatic rings. The third-order valence-electron chi connectivity index (χ3n) is 6.23. The summed E-state index contributed by atoms with van der Waals surface area (Å²) in [5, 5.41) is 11.4. The fourth-order valence-corrected chi connectivity index (χ4v) is 4.86. The number of carbonyl (C=O) groups excluding carboxylic acids is 1. The maximum Gasteiger partial charge on any atom is 0.341 e. The highest BCUT2D eigenvalue weighted by Gasteiger charge is 2.35. The Bertz CT molecular complexity index is 1500. The van der Waals surface area contributed by atoms with E-state index >= 15 is 4.39 Å². The molecule has 5 rings (SSSR count). The second-order valence-electron chi connectivity index (χ2n) is 8.74. The molecule has 0 atom stereocenters.